The molecule has 1 heterocycles. The minimum atomic E-state index is -0.122. The van der Waals surface area contributed by atoms with E-state index in [4.69, 9.17) is 4.74 Å². The fraction of sp³-hybridized carbons (Fsp3) is 0.381. The van der Waals surface area contributed by atoms with Gasteiger partial charge in [-0.05, 0) is 17.5 Å². The average Bonchev–Trinajstić information content (AvgIpc) is 2.70. The van der Waals surface area contributed by atoms with E-state index in [-0.39, 0.29) is 12.1 Å². The van der Waals surface area contributed by atoms with Crippen molar-refractivity contribution in [1.29, 1.82) is 0 Å². The van der Waals surface area contributed by atoms with Crippen molar-refractivity contribution in [3.8, 4) is 0 Å². The van der Waals surface area contributed by atoms with E-state index in [1.165, 1.54) is 5.56 Å². The summed E-state index contributed by atoms with van der Waals surface area (Å²) in [6, 6.07) is 20.2. The van der Waals surface area contributed by atoms with Gasteiger partial charge in [0.15, 0.2) is 0 Å². The minimum Gasteiger partial charge on any atom is -0.379 e. The maximum absolute atomic E-state index is 12.4. The maximum Gasteiger partial charge on any atom is 0.315 e. The van der Waals surface area contributed by atoms with Crippen LogP contribution in [0.4, 0.5) is 4.79 Å². The van der Waals surface area contributed by atoms with Crippen LogP contribution in [-0.4, -0.2) is 50.3 Å². The van der Waals surface area contributed by atoms with Crippen molar-refractivity contribution in [2.24, 2.45) is 0 Å². The third-order valence-corrected chi connectivity index (χ3v) is 4.59. The second-order valence-corrected chi connectivity index (χ2v) is 6.51. The molecule has 1 saturated heterocycles. The zero-order chi connectivity index (χ0) is 18.0. The molecule has 1 unspecified atom stereocenters. The number of morpholine rings is 1. The van der Waals surface area contributed by atoms with Crippen LogP contribution in [0.25, 0.3) is 0 Å². The Morgan fingerprint density at radius 3 is 2.35 bits per heavy atom. The van der Waals surface area contributed by atoms with Gasteiger partial charge in [-0.2, -0.15) is 0 Å². The molecule has 0 bridgehead atoms. The fourth-order valence-corrected chi connectivity index (χ4v) is 3.14. The highest BCUT2D eigenvalue weighted by atomic mass is 16.5. The van der Waals surface area contributed by atoms with Crippen molar-refractivity contribution in [2.45, 2.75) is 12.5 Å². The summed E-state index contributed by atoms with van der Waals surface area (Å²) < 4.78 is 5.42. The molecule has 5 nitrogen and oxygen atoms in total. The van der Waals surface area contributed by atoms with Crippen molar-refractivity contribution in [1.82, 2.24) is 15.5 Å². The predicted octanol–water partition coefficient (Wildman–Crippen LogP) is 2.60. The third-order valence-electron chi connectivity index (χ3n) is 4.59. The number of hydrogen-bond acceptors (Lipinski definition) is 3. The second kappa shape index (κ2) is 9.94. The summed E-state index contributed by atoms with van der Waals surface area (Å²) in [5, 5.41) is 6.11. The van der Waals surface area contributed by atoms with Crippen LogP contribution in [0, 0.1) is 0 Å². The molecule has 2 aromatic rings. The van der Waals surface area contributed by atoms with Gasteiger partial charge in [0.1, 0.15) is 0 Å². The molecule has 3 rings (SSSR count). The van der Waals surface area contributed by atoms with E-state index in [1.54, 1.807) is 0 Å². The van der Waals surface area contributed by atoms with Crippen LogP contribution >= 0.6 is 0 Å². The van der Waals surface area contributed by atoms with E-state index in [0.29, 0.717) is 6.54 Å². The molecule has 138 valence electrons. The molecule has 0 radical (unpaired) electrons. The van der Waals surface area contributed by atoms with Gasteiger partial charge >= 0.3 is 6.03 Å². The van der Waals surface area contributed by atoms with Gasteiger partial charge in [-0.25, -0.2) is 4.79 Å². The van der Waals surface area contributed by atoms with E-state index in [9.17, 15) is 4.79 Å². The lowest BCUT2D eigenvalue weighted by Crippen LogP contribution is -2.45. The van der Waals surface area contributed by atoms with Gasteiger partial charge in [0.25, 0.3) is 0 Å². The summed E-state index contributed by atoms with van der Waals surface area (Å²) >= 11 is 0. The van der Waals surface area contributed by atoms with E-state index >= 15 is 0 Å². The third kappa shape index (κ3) is 5.86. The lowest BCUT2D eigenvalue weighted by Gasteiger charge is -2.31. The minimum absolute atomic E-state index is 0.0361. The first-order valence-corrected chi connectivity index (χ1v) is 9.24. The number of rotatable bonds is 7. The van der Waals surface area contributed by atoms with E-state index in [1.807, 2.05) is 36.4 Å². The largest absolute Gasteiger partial charge is 0.379 e. The number of carbonyl (C=O) groups excluding carboxylic acids is 1. The lowest BCUT2D eigenvalue weighted by molar-refractivity contribution is 0.0340. The summed E-state index contributed by atoms with van der Waals surface area (Å²) in [6.45, 7) is 4.73. The van der Waals surface area contributed by atoms with E-state index in [0.717, 1.165) is 44.8 Å². The van der Waals surface area contributed by atoms with Crippen LogP contribution in [0.15, 0.2) is 60.7 Å². The van der Waals surface area contributed by atoms with E-state index in [2.05, 4.69) is 39.8 Å². The second-order valence-electron chi connectivity index (χ2n) is 6.51. The van der Waals surface area contributed by atoms with Gasteiger partial charge in [0, 0.05) is 26.2 Å². The summed E-state index contributed by atoms with van der Waals surface area (Å²) in [4.78, 5) is 14.7. The first-order chi connectivity index (χ1) is 12.8. The van der Waals surface area contributed by atoms with Crippen molar-refractivity contribution in [3.63, 3.8) is 0 Å². The molecule has 1 aliphatic heterocycles. The summed E-state index contributed by atoms with van der Waals surface area (Å²) in [5.74, 6) is 0. The zero-order valence-electron chi connectivity index (χ0n) is 15.1. The maximum atomic E-state index is 12.4. The fourth-order valence-electron chi connectivity index (χ4n) is 3.14. The number of nitrogens with one attached hydrogen (secondary N) is 2. The molecule has 0 aromatic heterocycles. The Hall–Kier alpha value is -2.37. The molecule has 2 N–H and O–H groups in total. The van der Waals surface area contributed by atoms with Gasteiger partial charge in [0.05, 0.1) is 19.3 Å². The molecule has 2 aromatic carbocycles. The quantitative estimate of drug-likeness (QED) is 0.804. The molecular formula is C21H27N3O2. The van der Waals surface area contributed by atoms with Crippen LogP contribution in [0.1, 0.15) is 17.2 Å². The molecule has 1 fully saturated rings. The van der Waals surface area contributed by atoms with Gasteiger partial charge in [-0.15, -0.1) is 0 Å². The van der Waals surface area contributed by atoms with Crippen molar-refractivity contribution >= 4 is 6.03 Å². The topological polar surface area (TPSA) is 53.6 Å². The Bertz CT molecular complexity index is 657. The molecule has 2 amide bonds. The number of urea groups is 1. The predicted molar refractivity (Wildman–Crippen MR) is 103 cm³/mol. The Morgan fingerprint density at radius 2 is 1.65 bits per heavy atom. The van der Waals surface area contributed by atoms with Crippen LogP contribution in [0.3, 0.4) is 0 Å². The molecule has 1 atom stereocenters. The number of ether oxygens (including phenoxy) is 1. The van der Waals surface area contributed by atoms with Crippen LogP contribution in [-0.2, 0) is 11.2 Å². The Morgan fingerprint density at radius 1 is 1.00 bits per heavy atom. The van der Waals surface area contributed by atoms with Gasteiger partial charge in [-0.1, -0.05) is 60.7 Å². The van der Waals surface area contributed by atoms with Crippen molar-refractivity contribution in [3.05, 3.63) is 71.8 Å². The van der Waals surface area contributed by atoms with Crippen LogP contribution in [0.5, 0.6) is 0 Å². The number of nitrogens with zero attached hydrogens (tertiary/aromatic N) is 1. The molecule has 0 saturated carbocycles. The highest BCUT2D eigenvalue weighted by Gasteiger charge is 2.19. The van der Waals surface area contributed by atoms with Crippen molar-refractivity contribution < 1.29 is 9.53 Å². The standard InChI is InChI=1S/C21H27N3O2/c25-21(22-12-11-18-7-3-1-4-8-18)23-20(19-9-5-2-6-10-19)17-24-13-15-26-16-14-24/h1-10,20H,11-17H2,(H2,22,23,25). The molecule has 26 heavy (non-hydrogen) atoms. The summed E-state index contributed by atoms with van der Waals surface area (Å²) in [7, 11) is 0. The first-order valence-electron chi connectivity index (χ1n) is 9.24. The van der Waals surface area contributed by atoms with Gasteiger partial charge in [-0.3, -0.25) is 4.90 Å². The normalized spacial score (nSPS) is 16.0. The summed E-state index contributed by atoms with van der Waals surface area (Å²) in [6.07, 6.45) is 0.827. The number of amides is 2. The molecule has 0 aliphatic carbocycles. The van der Waals surface area contributed by atoms with Gasteiger partial charge < -0.3 is 15.4 Å². The van der Waals surface area contributed by atoms with Crippen LogP contribution in [0.2, 0.25) is 0 Å². The Kier molecular flexibility index (Phi) is 7.05. The number of benzene rings is 2. The highest BCUT2D eigenvalue weighted by molar-refractivity contribution is 5.74. The zero-order valence-corrected chi connectivity index (χ0v) is 15.1. The molecule has 1 aliphatic rings. The Balaban J connectivity index is 1.53. The molecule has 0 spiro atoms. The average molecular weight is 353 g/mol. The smallest absolute Gasteiger partial charge is 0.315 e. The first kappa shape index (κ1) is 18.4. The van der Waals surface area contributed by atoms with Crippen molar-refractivity contribution in [2.75, 3.05) is 39.4 Å². The lowest BCUT2D eigenvalue weighted by atomic mass is 10.1. The van der Waals surface area contributed by atoms with E-state index < -0.39 is 0 Å². The molecule has 5 heteroatoms. The summed E-state index contributed by atoms with van der Waals surface area (Å²) in [5.41, 5.74) is 2.35. The Labute approximate surface area is 155 Å². The number of hydrogen-bond donors (Lipinski definition) is 2. The number of carbonyl (C=O) groups is 1. The molecular weight excluding hydrogens is 326 g/mol. The van der Waals surface area contributed by atoms with Crippen LogP contribution < -0.4 is 10.6 Å². The highest BCUT2D eigenvalue weighted by Crippen LogP contribution is 2.15. The monoisotopic (exact) mass is 353 g/mol. The SMILES string of the molecule is O=C(NCCc1ccccc1)NC(CN1CCOCC1)c1ccccc1. The van der Waals surface area contributed by atoms with Gasteiger partial charge in [0.2, 0.25) is 0 Å².